The highest BCUT2D eigenvalue weighted by Gasteiger charge is 2.41. The number of hydrogen-bond donors (Lipinski definition) is 0. The Balaban J connectivity index is 4.42. The molecule has 0 radical (unpaired) electrons. The van der Waals surface area contributed by atoms with E-state index in [1.807, 2.05) is 0 Å². The van der Waals surface area contributed by atoms with Crippen molar-refractivity contribution in [2.45, 2.75) is 78.3 Å². The summed E-state index contributed by atoms with van der Waals surface area (Å²) < 4.78 is 12.2. The van der Waals surface area contributed by atoms with Crippen molar-refractivity contribution in [1.29, 1.82) is 0 Å². The Kier molecular flexibility index (Phi) is 10.2. The minimum Gasteiger partial charge on any atom is -0.394 e. The van der Waals surface area contributed by atoms with Crippen LogP contribution in [0.1, 0.15) is 66.7 Å². The largest absolute Gasteiger partial charge is 0.394 e. The summed E-state index contributed by atoms with van der Waals surface area (Å²) in [7, 11) is -1.95. The van der Waals surface area contributed by atoms with Gasteiger partial charge >= 0.3 is 8.56 Å². The molecule has 0 bridgehead atoms. The van der Waals surface area contributed by atoms with Crippen molar-refractivity contribution in [2.24, 2.45) is 0 Å². The van der Waals surface area contributed by atoms with E-state index < -0.39 is 8.56 Å². The van der Waals surface area contributed by atoms with Crippen LogP contribution in [0.25, 0.3) is 0 Å². The summed E-state index contributed by atoms with van der Waals surface area (Å²) in [5, 5.41) is 0. The molecular weight excluding hydrogens is 228 g/mol. The van der Waals surface area contributed by atoms with E-state index in [9.17, 15) is 0 Å². The van der Waals surface area contributed by atoms with Gasteiger partial charge in [-0.15, -0.1) is 0 Å². The standard InChI is InChI=1S/C14H32O2Si/c1-6-10-11-12-13-17(15-8-3,16-9-4)14(5)7-2/h14H,6-13H2,1-5H3. The fourth-order valence-corrected chi connectivity index (χ4v) is 6.09. The van der Waals surface area contributed by atoms with Gasteiger partial charge in [-0.3, -0.25) is 0 Å². The van der Waals surface area contributed by atoms with Crippen LogP contribution >= 0.6 is 0 Å². The highest BCUT2D eigenvalue weighted by molar-refractivity contribution is 6.68. The van der Waals surface area contributed by atoms with Crippen molar-refractivity contribution < 1.29 is 8.85 Å². The van der Waals surface area contributed by atoms with Gasteiger partial charge in [0.15, 0.2) is 0 Å². The quantitative estimate of drug-likeness (QED) is 0.389. The molecule has 0 aliphatic heterocycles. The third kappa shape index (κ3) is 6.02. The van der Waals surface area contributed by atoms with Crippen LogP contribution in [-0.4, -0.2) is 21.8 Å². The highest BCUT2D eigenvalue weighted by Crippen LogP contribution is 2.32. The number of rotatable bonds is 11. The van der Waals surface area contributed by atoms with Crippen molar-refractivity contribution in [1.82, 2.24) is 0 Å². The molecule has 0 aliphatic carbocycles. The van der Waals surface area contributed by atoms with Crippen molar-refractivity contribution >= 4 is 8.56 Å². The summed E-state index contributed by atoms with van der Waals surface area (Å²) in [6.07, 6.45) is 6.39. The molecule has 1 atom stereocenters. The second-order valence-electron chi connectivity index (χ2n) is 4.80. The minimum absolute atomic E-state index is 0.601. The highest BCUT2D eigenvalue weighted by atomic mass is 28.4. The smallest absolute Gasteiger partial charge is 0.341 e. The maximum Gasteiger partial charge on any atom is 0.341 e. The topological polar surface area (TPSA) is 18.5 Å². The van der Waals surface area contributed by atoms with Crippen LogP contribution < -0.4 is 0 Å². The summed E-state index contributed by atoms with van der Waals surface area (Å²) in [6.45, 7) is 12.6. The van der Waals surface area contributed by atoms with Gasteiger partial charge in [-0.05, 0) is 25.4 Å². The molecule has 104 valence electrons. The average molecular weight is 260 g/mol. The Labute approximate surface area is 109 Å². The maximum absolute atomic E-state index is 6.12. The van der Waals surface area contributed by atoms with Crippen molar-refractivity contribution in [3.8, 4) is 0 Å². The molecule has 0 heterocycles. The fourth-order valence-electron chi connectivity index (χ4n) is 2.31. The monoisotopic (exact) mass is 260 g/mol. The molecule has 0 saturated carbocycles. The minimum atomic E-state index is -1.95. The Morgan fingerprint density at radius 3 is 1.88 bits per heavy atom. The van der Waals surface area contributed by atoms with Crippen molar-refractivity contribution in [2.75, 3.05) is 13.2 Å². The van der Waals surface area contributed by atoms with E-state index in [0.717, 1.165) is 13.2 Å². The zero-order chi connectivity index (χ0) is 13.1. The predicted octanol–water partition coefficient (Wildman–Crippen LogP) is 4.88. The van der Waals surface area contributed by atoms with E-state index in [2.05, 4.69) is 34.6 Å². The van der Waals surface area contributed by atoms with Crippen LogP contribution in [0.5, 0.6) is 0 Å². The lowest BCUT2D eigenvalue weighted by atomic mass is 10.2. The molecular formula is C14H32O2Si. The zero-order valence-electron chi connectivity index (χ0n) is 12.6. The van der Waals surface area contributed by atoms with E-state index in [1.54, 1.807) is 0 Å². The van der Waals surface area contributed by atoms with E-state index in [1.165, 1.54) is 38.1 Å². The third-order valence-electron chi connectivity index (χ3n) is 3.52. The Bertz CT molecular complexity index is 168. The molecule has 3 heteroatoms. The van der Waals surface area contributed by atoms with E-state index >= 15 is 0 Å². The Morgan fingerprint density at radius 1 is 0.882 bits per heavy atom. The first-order valence-electron chi connectivity index (χ1n) is 7.44. The average Bonchev–Trinajstić information content (AvgIpc) is 2.34. The normalized spacial score (nSPS) is 13.9. The lowest BCUT2D eigenvalue weighted by molar-refractivity contribution is 0.171. The van der Waals surface area contributed by atoms with E-state index in [-0.39, 0.29) is 0 Å². The molecule has 0 aromatic heterocycles. The van der Waals surface area contributed by atoms with E-state index in [4.69, 9.17) is 8.85 Å². The van der Waals surface area contributed by atoms with Gasteiger partial charge in [-0.2, -0.15) is 0 Å². The van der Waals surface area contributed by atoms with Crippen LogP contribution in [0, 0.1) is 0 Å². The predicted molar refractivity (Wildman–Crippen MR) is 77.7 cm³/mol. The molecule has 0 rings (SSSR count). The SMILES string of the molecule is CCCCCC[Si](OCC)(OCC)C(C)CC. The van der Waals surface area contributed by atoms with Gasteiger partial charge < -0.3 is 8.85 Å². The van der Waals surface area contributed by atoms with Gasteiger partial charge in [0.05, 0.1) is 0 Å². The summed E-state index contributed by atoms with van der Waals surface area (Å²) in [5.74, 6) is 0. The molecule has 1 unspecified atom stereocenters. The number of unbranched alkanes of at least 4 members (excludes halogenated alkanes) is 3. The first-order chi connectivity index (χ1) is 8.16. The van der Waals surface area contributed by atoms with Crippen molar-refractivity contribution in [3.05, 3.63) is 0 Å². The van der Waals surface area contributed by atoms with Crippen LogP contribution in [0.4, 0.5) is 0 Å². The van der Waals surface area contributed by atoms with Crippen LogP contribution in [0.2, 0.25) is 11.6 Å². The second kappa shape index (κ2) is 10.1. The van der Waals surface area contributed by atoms with Crippen molar-refractivity contribution in [3.63, 3.8) is 0 Å². The van der Waals surface area contributed by atoms with Crippen LogP contribution in [-0.2, 0) is 8.85 Å². The molecule has 0 spiro atoms. The molecule has 0 amide bonds. The third-order valence-corrected chi connectivity index (χ3v) is 8.03. The Morgan fingerprint density at radius 2 is 1.47 bits per heavy atom. The lowest BCUT2D eigenvalue weighted by Gasteiger charge is -2.35. The fraction of sp³-hybridized carbons (Fsp3) is 1.00. The molecule has 0 aromatic carbocycles. The number of hydrogen-bond acceptors (Lipinski definition) is 2. The first kappa shape index (κ1) is 17.1. The molecule has 0 fully saturated rings. The van der Waals surface area contributed by atoms with Gasteiger partial charge in [-0.25, -0.2) is 0 Å². The zero-order valence-corrected chi connectivity index (χ0v) is 13.6. The summed E-state index contributed by atoms with van der Waals surface area (Å²) in [5.41, 5.74) is 0.601. The second-order valence-corrected chi connectivity index (χ2v) is 8.48. The summed E-state index contributed by atoms with van der Waals surface area (Å²) >= 11 is 0. The summed E-state index contributed by atoms with van der Waals surface area (Å²) in [6, 6.07) is 1.17. The Hall–Kier alpha value is 0.137. The molecule has 2 nitrogen and oxygen atoms in total. The van der Waals surface area contributed by atoms with Crippen LogP contribution in [0.15, 0.2) is 0 Å². The molecule has 17 heavy (non-hydrogen) atoms. The van der Waals surface area contributed by atoms with Gasteiger partial charge in [0.2, 0.25) is 0 Å². The molecule has 0 saturated heterocycles. The molecule has 0 N–H and O–H groups in total. The maximum atomic E-state index is 6.12. The molecule has 0 aromatic rings. The lowest BCUT2D eigenvalue weighted by Crippen LogP contribution is -2.46. The molecule has 0 aliphatic rings. The van der Waals surface area contributed by atoms with Gasteiger partial charge in [0, 0.05) is 13.2 Å². The van der Waals surface area contributed by atoms with Gasteiger partial charge in [0.1, 0.15) is 0 Å². The van der Waals surface area contributed by atoms with Gasteiger partial charge in [-0.1, -0.05) is 52.9 Å². The van der Waals surface area contributed by atoms with E-state index in [0.29, 0.717) is 5.54 Å². The van der Waals surface area contributed by atoms with Gasteiger partial charge in [0.25, 0.3) is 0 Å². The first-order valence-corrected chi connectivity index (χ1v) is 9.54. The van der Waals surface area contributed by atoms with Crippen LogP contribution in [0.3, 0.4) is 0 Å². The summed E-state index contributed by atoms with van der Waals surface area (Å²) in [4.78, 5) is 0.